The third-order valence-electron chi connectivity index (χ3n) is 4.77. The van der Waals surface area contributed by atoms with E-state index in [1.54, 1.807) is 17.6 Å². The van der Waals surface area contributed by atoms with Gasteiger partial charge in [0, 0.05) is 37.4 Å². The standard InChI is InChI=1S/C18H22N6O2/c1-3-26-18(25)15-10-21-24-11-13(9-20-17(15)24)16-19-6-8-23(16)14-5-4-7-22(2)12-14/h6,8-11,14H,3-5,7,12H2,1-2H3. The third kappa shape index (κ3) is 2.96. The molecule has 0 aliphatic carbocycles. The first-order valence-corrected chi connectivity index (χ1v) is 8.89. The molecular weight excluding hydrogens is 332 g/mol. The van der Waals surface area contributed by atoms with E-state index >= 15 is 0 Å². The predicted molar refractivity (Wildman–Crippen MR) is 95.9 cm³/mol. The van der Waals surface area contributed by atoms with Crippen LogP contribution in [0.15, 0.2) is 31.0 Å². The molecule has 4 rings (SSSR count). The van der Waals surface area contributed by atoms with Gasteiger partial charge in [-0.1, -0.05) is 0 Å². The highest BCUT2D eigenvalue weighted by Gasteiger charge is 2.22. The van der Waals surface area contributed by atoms with E-state index in [2.05, 4.69) is 31.6 Å². The summed E-state index contributed by atoms with van der Waals surface area (Å²) >= 11 is 0. The zero-order valence-corrected chi connectivity index (χ0v) is 15.0. The van der Waals surface area contributed by atoms with Crippen molar-refractivity contribution >= 4 is 11.6 Å². The van der Waals surface area contributed by atoms with Gasteiger partial charge >= 0.3 is 5.97 Å². The maximum Gasteiger partial charge on any atom is 0.343 e. The molecule has 1 aliphatic rings. The number of hydrogen-bond donors (Lipinski definition) is 0. The Hall–Kier alpha value is -2.74. The number of aromatic nitrogens is 5. The van der Waals surface area contributed by atoms with Gasteiger partial charge in [0.15, 0.2) is 5.65 Å². The van der Waals surface area contributed by atoms with Crippen LogP contribution in [0.25, 0.3) is 17.0 Å². The SMILES string of the molecule is CCOC(=O)c1cnn2cc(-c3nccn3C3CCCN(C)C3)cnc12. The summed E-state index contributed by atoms with van der Waals surface area (Å²) in [6, 6.07) is 0.398. The number of imidazole rings is 1. The van der Waals surface area contributed by atoms with Gasteiger partial charge in [-0.2, -0.15) is 5.10 Å². The van der Waals surface area contributed by atoms with Gasteiger partial charge in [0.25, 0.3) is 0 Å². The van der Waals surface area contributed by atoms with Gasteiger partial charge in [-0.3, -0.25) is 0 Å². The normalized spacial score (nSPS) is 18.3. The Bertz CT molecular complexity index is 931. The lowest BCUT2D eigenvalue weighted by Crippen LogP contribution is -2.33. The molecule has 8 nitrogen and oxygen atoms in total. The molecule has 3 aromatic heterocycles. The van der Waals surface area contributed by atoms with E-state index in [1.807, 2.05) is 18.6 Å². The van der Waals surface area contributed by atoms with Crippen LogP contribution in [0.5, 0.6) is 0 Å². The van der Waals surface area contributed by atoms with Crippen LogP contribution in [-0.4, -0.2) is 61.8 Å². The maximum atomic E-state index is 12.0. The number of carbonyl (C=O) groups excluding carboxylic acids is 1. The first-order valence-electron chi connectivity index (χ1n) is 8.89. The second-order valence-electron chi connectivity index (χ2n) is 6.61. The van der Waals surface area contributed by atoms with E-state index in [-0.39, 0.29) is 0 Å². The number of carbonyl (C=O) groups is 1. The molecule has 136 valence electrons. The average molecular weight is 354 g/mol. The van der Waals surface area contributed by atoms with Gasteiger partial charge in [0.2, 0.25) is 0 Å². The van der Waals surface area contributed by atoms with Crippen LogP contribution < -0.4 is 0 Å². The van der Waals surface area contributed by atoms with Crippen molar-refractivity contribution in [2.45, 2.75) is 25.8 Å². The van der Waals surface area contributed by atoms with Crippen LogP contribution in [0.2, 0.25) is 0 Å². The van der Waals surface area contributed by atoms with Crippen molar-refractivity contribution in [3.63, 3.8) is 0 Å². The topological polar surface area (TPSA) is 77.5 Å². The molecule has 0 saturated carbocycles. The summed E-state index contributed by atoms with van der Waals surface area (Å²) < 4.78 is 8.87. The van der Waals surface area contributed by atoms with Crippen molar-refractivity contribution < 1.29 is 9.53 Å². The molecule has 1 aliphatic heterocycles. The fourth-order valence-corrected chi connectivity index (χ4v) is 3.54. The van der Waals surface area contributed by atoms with Crippen LogP contribution >= 0.6 is 0 Å². The number of piperidine rings is 1. The quantitative estimate of drug-likeness (QED) is 0.667. The van der Waals surface area contributed by atoms with Gasteiger partial charge in [0.05, 0.1) is 18.4 Å². The summed E-state index contributed by atoms with van der Waals surface area (Å²) in [4.78, 5) is 23.3. The summed E-state index contributed by atoms with van der Waals surface area (Å²) in [6.45, 7) is 4.24. The molecule has 26 heavy (non-hydrogen) atoms. The number of rotatable bonds is 4. The van der Waals surface area contributed by atoms with E-state index < -0.39 is 5.97 Å². The van der Waals surface area contributed by atoms with Crippen molar-refractivity contribution in [2.24, 2.45) is 0 Å². The van der Waals surface area contributed by atoms with Crippen molar-refractivity contribution in [3.05, 3.63) is 36.5 Å². The lowest BCUT2D eigenvalue weighted by Gasteiger charge is -2.31. The first kappa shape index (κ1) is 16.7. The van der Waals surface area contributed by atoms with Crippen LogP contribution in [0.1, 0.15) is 36.2 Å². The summed E-state index contributed by atoms with van der Waals surface area (Å²) in [5.41, 5.74) is 1.73. The number of hydrogen-bond acceptors (Lipinski definition) is 6. The lowest BCUT2D eigenvalue weighted by atomic mass is 10.1. The Morgan fingerprint density at radius 2 is 2.23 bits per heavy atom. The summed E-state index contributed by atoms with van der Waals surface area (Å²) in [5.74, 6) is 0.461. The Morgan fingerprint density at radius 3 is 3.04 bits per heavy atom. The molecule has 3 aromatic rings. The summed E-state index contributed by atoms with van der Waals surface area (Å²) in [6.07, 6.45) is 11.3. The Morgan fingerprint density at radius 1 is 1.35 bits per heavy atom. The van der Waals surface area contributed by atoms with E-state index in [1.165, 1.54) is 12.6 Å². The highest BCUT2D eigenvalue weighted by molar-refractivity contribution is 5.95. The molecule has 1 saturated heterocycles. The molecule has 1 unspecified atom stereocenters. The van der Waals surface area contributed by atoms with E-state index in [0.717, 1.165) is 30.9 Å². The number of esters is 1. The molecular formula is C18H22N6O2. The zero-order chi connectivity index (χ0) is 18.1. The summed E-state index contributed by atoms with van der Waals surface area (Å²) in [7, 11) is 2.15. The molecule has 0 radical (unpaired) electrons. The van der Waals surface area contributed by atoms with Gasteiger partial charge in [-0.05, 0) is 33.4 Å². The second kappa shape index (κ2) is 6.87. The summed E-state index contributed by atoms with van der Waals surface area (Å²) in [5, 5.41) is 4.25. The maximum absolute atomic E-state index is 12.0. The van der Waals surface area contributed by atoms with Gasteiger partial charge in [0.1, 0.15) is 11.4 Å². The molecule has 1 atom stereocenters. The number of likely N-dealkylation sites (N-methyl/N-ethyl adjacent to an activating group) is 1. The predicted octanol–water partition coefficient (Wildman–Crippen LogP) is 2.04. The Balaban J connectivity index is 1.68. The Labute approximate surface area is 151 Å². The number of likely N-dealkylation sites (tertiary alicyclic amines) is 1. The van der Waals surface area contributed by atoms with Crippen molar-refractivity contribution in [3.8, 4) is 11.4 Å². The number of ether oxygens (including phenoxy) is 1. The highest BCUT2D eigenvalue weighted by Crippen LogP contribution is 2.27. The minimum atomic E-state index is -0.408. The molecule has 8 heteroatoms. The van der Waals surface area contributed by atoms with E-state index in [4.69, 9.17) is 4.74 Å². The van der Waals surface area contributed by atoms with Crippen molar-refractivity contribution in [1.82, 2.24) is 29.0 Å². The lowest BCUT2D eigenvalue weighted by molar-refractivity contribution is 0.0528. The molecule has 0 amide bonds. The molecule has 0 N–H and O–H groups in total. The largest absolute Gasteiger partial charge is 0.462 e. The minimum Gasteiger partial charge on any atom is -0.462 e. The van der Waals surface area contributed by atoms with Crippen molar-refractivity contribution in [2.75, 3.05) is 26.7 Å². The molecule has 4 heterocycles. The van der Waals surface area contributed by atoms with Gasteiger partial charge in [-0.15, -0.1) is 0 Å². The molecule has 1 fully saturated rings. The van der Waals surface area contributed by atoms with Crippen molar-refractivity contribution in [1.29, 1.82) is 0 Å². The average Bonchev–Trinajstić information content (AvgIpc) is 3.28. The second-order valence-corrected chi connectivity index (χ2v) is 6.61. The number of nitrogens with zero attached hydrogens (tertiary/aromatic N) is 6. The molecule has 0 aromatic carbocycles. The smallest absolute Gasteiger partial charge is 0.343 e. The fourth-order valence-electron chi connectivity index (χ4n) is 3.54. The van der Waals surface area contributed by atoms with Crippen LogP contribution in [0.4, 0.5) is 0 Å². The molecule has 0 bridgehead atoms. The molecule has 0 spiro atoms. The third-order valence-corrected chi connectivity index (χ3v) is 4.77. The fraction of sp³-hybridized carbons (Fsp3) is 0.444. The zero-order valence-electron chi connectivity index (χ0n) is 15.0. The van der Waals surface area contributed by atoms with Gasteiger partial charge in [-0.25, -0.2) is 19.3 Å². The van der Waals surface area contributed by atoms with E-state index in [0.29, 0.717) is 23.9 Å². The Kier molecular flexibility index (Phi) is 4.42. The van der Waals surface area contributed by atoms with Gasteiger partial charge < -0.3 is 14.2 Å². The highest BCUT2D eigenvalue weighted by atomic mass is 16.5. The minimum absolute atomic E-state index is 0.321. The number of fused-ring (bicyclic) bond motifs is 1. The first-order chi connectivity index (χ1) is 12.7. The van der Waals surface area contributed by atoms with Crippen LogP contribution in [-0.2, 0) is 4.74 Å². The monoisotopic (exact) mass is 354 g/mol. The van der Waals surface area contributed by atoms with Crippen LogP contribution in [0, 0.1) is 0 Å². The van der Waals surface area contributed by atoms with Crippen LogP contribution in [0.3, 0.4) is 0 Å². The van der Waals surface area contributed by atoms with E-state index in [9.17, 15) is 4.79 Å².